The van der Waals surface area contributed by atoms with Gasteiger partial charge in [-0.2, -0.15) is 0 Å². The van der Waals surface area contributed by atoms with Crippen LogP contribution in [0.25, 0.3) is 0 Å². The Kier molecular flexibility index (Phi) is 26.5. The largest absolute Gasteiger partial charge is 0.0885 e. The number of unbranched alkanes of at least 4 members (excludes halogenated alkanes) is 19. The Morgan fingerprint density at radius 3 is 1.10 bits per heavy atom. The summed E-state index contributed by atoms with van der Waals surface area (Å²) >= 11 is 0. The Morgan fingerprint density at radius 2 is 0.700 bits per heavy atom. The molecule has 0 aromatic carbocycles. The van der Waals surface area contributed by atoms with E-state index in [9.17, 15) is 0 Å². The van der Waals surface area contributed by atoms with Gasteiger partial charge in [-0.25, -0.2) is 0 Å². The van der Waals surface area contributed by atoms with Gasteiger partial charge in [0.1, 0.15) is 0 Å². The van der Waals surface area contributed by atoms with Gasteiger partial charge >= 0.3 is 0 Å². The molecule has 0 rings (SSSR count). The lowest BCUT2D eigenvalue weighted by Gasteiger charge is -2.10. The molecule has 0 N–H and O–H groups in total. The number of rotatable bonds is 25. The third-order valence-electron chi connectivity index (χ3n) is 6.76. The molecule has 0 aliphatic carbocycles. The first kappa shape index (κ1) is 29.7. The fraction of sp³-hybridized carbons (Fsp3) is 0.933. The SMILES string of the molecule is CCCCCCCCC/C=C/CCCCCCCCCCCC(C)CCCCCC. The van der Waals surface area contributed by atoms with E-state index in [-0.39, 0.29) is 0 Å². The van der Waals surface area contributed by atoms with E-state index in [0.717, 1.165) is 5.92 Å². The third kappa shape index (κ3) is 25.8. The Balaban J connectivity index is 3.14. The van der Waals surface area contributed by atoms with Crippen molar-refractivity contribution in [2.24, 2.45) is 5.92 Å². The van der Waals surface area contributed by atoms with Crippen LogP contribution in [0.4, 0.5) is 0 Å². The molecule has 0 fully saturated rings. The van der Waals surface area contributed by atoms with Gasteiger partial charge in [-0.3, -0.25) is 0 Å². The Bertz CT molecular complexity index is 316. The zero-order valence-corrected chi connectivity index (χ0v) is 21.7. The molecule has 30 heavy (non-hydrogen) atoms. The lowest BCUT2D eigenvalue weighted by atomic mass is 9.96. The van der Waals surface area contributed by atoms with Crippen LogP contribution >= 0.6 is 0 Å². The molecular formula is C30H60. The van der Waals surface area contributed by atoms with E-state index in [2.05, 4.69) is 32.9 Å². The monoisotopic (exact) mass is 420 g/mol. The normalized spacial score (nSPS) is 12.8. The summed E-state index contributed by atoms with van der Waals surface area (Å²) in [6.07, 6.45) is 39.3. The van der Waals surface area contributed by atoms with Gasteiger partial charge in [-0.1, -0.05) is 161 Å². The second-order valence-corrected chi connectivity index (χ2v) is 10.1. The Morgan fingerprint density at radius 1 is 0.400 bits per heavy atom. The van der Waals surface area contributed by atoms with Crippen LogP contribution in [-0.4, -0.2) is 0 Å². The molecule has 0 aromatic rings. The number of hydrogen-bond donors (Lipinski definition) is 0. The molecule has 0 aliphatic rings. The van der Waals surface area contributed by atoms with E-state index in [1.165, 1.54) is 154 Å². The smallest absolute Gasteiger partial charge is 0.0351 e. The molecule has 180 valence electrons. The highest BCUT2D eigenvalue weighted by atomic mass is 14.1. The minimum absolute atomic E-state index is 0.964. The van der Waals surface area contributed by atoms with Crippen LogP contribution in [0.3, 0.4) is 0 Å². The van der Waals surface area contributed by atoms with Crippen LogP contribution in [0.2, 0.25) is 0 Å². The van der Waals surface area contributed by atoms with Crippen molar-refractivity contribution in [2.45, 2.75) is 175 Å². The van der Waals surface area contributed by atoms with E-state index in [4.69, 9.17) is 0 Å². The van der Waals surface area contributed by atoms with Crippen molar-refractivity contribution in [1.29, 1.82) is 0 Å². The van der Waals surface area contributed by atoms with Gasteiger partial charge in [0.05, 0.1) is 0 Å². The second kappa shape index (κ2) is 26.8. The lowest BCUT2D eigenvalue weighted by molar-refractivity contribution is 0.433. The van der Waals surface area contributed by atoms with E-state index in [1.54, 1.807) is 0 Å². The summed E-state index contributed by atoms with van der Waals surface area (Å²) < 4.78 is 0. The van der Waals surface area contributed by atoms with Crippen molar-refractivity contribution in [1.82, 2.24) is 0 Å². The summed E-state index contributed by atoms with van der Waals surface area (Å²) in [4.78, 5) is 0. The number of hydrogen-bond acceptors (Lipinski definition) is 0. The fourth-order valence-electron chi connectivity index (χ4n) is 4.51. The maximum Gasteiger partial charge on any atom is -0.0351 e. The van der Waals surface area contributed by atoms with E-state index in [1.807, 2.05) is 0 Å². The minimum atomic E-state index is 0.964. The molecule has 0 saturated carbocycles. The maximum atomic E-state index is 2.47. The summed E-state index contributed by atoms with van der Waals surface area (Å²) in [5.74, 6) is 0.964. The molecule has 0 heterocycles. The highest BCUT2D eigenvalue weighted by Gasteiger charge is 2.01. The summed E-state index contributed by atoms with van der Waals surface area (Å²) in [6.45, 7) is 7.07. The van der Waals surface area contributed by atoms with Gasteiger partial charge in [-0.15, -0.1) is 0 Å². The Hall–Kier alpha value is -0.260. The van der Waals surface area contributed by atoms with E-state index < -0.39 is 0 Å². The van der Waals surface area contributed by atoms with Crippen molar-refractivity contribution in [3.63, 3.8) is 0 Å². The average Bonchev–Trinajstić information content (AvgIpc) is 2.75. The van der Waals surface area contributed by atoms with Crippen molar-refractivity contribution in [3.8, 4) is 0 Å². The van der Waals surface area contributed by atoms with Gasteiger partial charge in [0, 0.05) is 0 Å². The highest BCUT2D eigenvalue weighted by molar-refractivity contribution is 4.81. The van der Waals surface area contributed by atoms with Gasteiger partial charge in [0.25, 0.3) is 0 Å². The summed E-state index contributed by atoms with van der Waals surface area (Å²) in [5.41, 5.74) is 0. The topological polar surface area (TPSA) is 0 Å². The molecule has 0 saturated heterocycles. The van der Waals surface area contributed by atoms with Crippen LogP contribution in [-0.2, 0) is 0 Å². The zero-order chi connectivity index (χ0) is 22.0. The van der Waals surface area contributed by atoms with Crippen LogP contribution in [0.15, 0.2) is 12.2 Å². The first-order chi connectivity index (χ1) is 14.8. The molecular weight excluding hydrogens is 360 g/mol. The molecule has 0 aliphatic heterocycles. The van der Waals surface area contributed by atoms with Crippen LogP contribution in [0, 0.1) is 5.92 Å². The van der Waals surface area contributed by atoms with Gasteiger partial charge in [-0.05, 0) is 31.6 Å². The summed E-state index contributed by atoms with van der Waals surface area (Å²) in [7, 11) is 0. The van der Waals surface area contributed by atoms with Crippen molar-refractivity contribution in [3.05, 3.63) is 12.2 Å². The molecule has 0 nitrogen and oxygen atoms in total. The maximum absolute atomic E-state index is 2.47. The summed E-state index contributed by atoms with van der Waals surface area (Å²) in [5, 5.41) is 0. The minimum Gasteiger partial charge on any atom is -0.0885 e. The standard InChI is InChI=1S/C30H60/c1-4-6-8-10-11-12-13-14-15-16-17-18-19-20-21-22-23-24-25-27-29-30(3)28-26-9-7-5-2/h15-16,30H,4-14,17-29H2,1-3H3/b16-15+. The van der Waals surface area contributed by atoms with Crippen LogP contribution in [0.5, 0.6) is 0 Å². The fourth-order valence-corrected chi connectivity index (χ4v) is 4.51. The van der Waals surface area contributed by atoms with Crippen molar-refractivity contribution >= 4 is 0 Å². The summed E-state index contributed by atoms with van der Waals surface area (Å²) in [6, 6.07) is 0. The molecule has 0 bridgehead atoms. The molecule has 0 aromatic heterocycles. The molecule has 0 spiro atoms. The average molecular weight is 421 g/mol. The van der Waals surface area contributed by atoms with Crippen molar-refractivity contribution < 1.29 is 0 Å². The van der Waals surface area contributed by atoms with Crippen LogP contribution in [0.1, 0.15) is 175 Å². The molecule has 0 heteroatoms. The third-order valence-corrected chi connectivity index (χ3v) is 6.76. The van der Waals surface area contributed by atoms with Crippen LogP contribution < -0.4 is 0 Å². The Labute approximate surface area is 193 Å². The van der Waals surface area contributed by atoms with E-state index in [0.29, 0.717) is 0 Å². The van der Waals surface area contributed by atoms with Gasteiger partial charge in [0.2, 0.25) is 0 Å². The zero-order valence-electron chi connectivity index (χ0n) is 21.7. The molecule has 1 unspecified atom stereocenters. The quantitative estimate of drug-likeness (QED) is 0.102. The van der Waals surface area contributed by atoms with E-state index >= 15 is 0 Å². The van der Waals surface area contributed by atoms with Gasteiger partial charge < -0.3 is 0 Å². The lowest BCUT2D eigenvalue weighted by Crippen LogP contribution is -1.95. The number of allylic oxidation sites excluding steroid dienone is 2. The molecule has 1 atom stereocenters. The van der Waals surface area contributed by atoms with Crippen molar-refractivity contribution in [2.75, 3.05) is 0 Å². The first-order valence-electron chi connectivity index (χ1n) is 14.5. The highest BCUT2D eigenvalue weighted by Crippen LogP contribution is 2.18. The second-order valence-electron chi connectivity index (χ2n) is 10.1. The predicted molar refractivity (Wildman–Crippen MR) is 140 cm³/mol. The molecule has 0 radical (unpaired) electrons. The van der Waals surface area contributed by atoms with Gasteiger partial charge in [0.15, 0.2) is 0 Å². The predicted octanol–water partition coefficient (Wildman–Crippen LogP) is 11.6. The molecule has 0 amide bonds. The first-order valence-corrected chi connectivity index (χ1v) is 14.5.